The highest BCUT2D eigenvalue weighted by Gasteiger charge is 2.14. The van der Waals surface area contributed by atoms with Crippen molar-refractivity contribution in [2.24, 2.45) is 0 Å². The third-order valence-electron chi connectivity index (χ3n) is 3.27. The van der Waals surface area contributed by atoms with E-state index in [2.05, 4.69) is 4.90 Å². The SMILES string of the molecule is Nc1cc(I)c(F)cc1N1CCCCCCC1. The Kier molecular flexibility index (Phi) is 4.48. The number of nitrogens with zero attached hydrogens (tertiary/aromatic N) is 1. The number of anilines is 2. The molecule has 0 spiro atoms. The van der Waals surface area contributed by atoms with Crippen LogP contribution in [-0.4, -0.2) is 13.1 Å². The highest BCUT2D eigenvalue weighted by atomic mass is 127. The molecule has 1 aromatic rings. The number of benzene rings is 1. The van der Waals surface area contributed by atoms with E-state index >= 15 is 0 Å². The molecule has 0 aromatic heterocycles. The van der Waals surface area contributed by atoms with Gasteiger partial charge in [0.05, 0.1) is 14.9 Å². The van der Waals surface area contributed by atoms with Gasteiger partial charge in [0.1, 0.15) is 5.82 Å². The molecule has 4 heteroatoms. The van der Waals surface area contributed by atoms with Crippen molar-refractivity contribution < 1.29 is 4.39 Å². The maximum atomic E-state index is 13.6. The van der Waals surface area contributed by atoms with Gasteiger partial charge < -0.3 is 10.6 Å². The van der Waals surface area contributed by atoms with Crippen LogP contribution in [0.25, 0.3) is 0 Å². The van der Waals surface area contributed by atoms with Crippen LogP contribution in [0.1, 0.15) is 32.1 Å². The van der Waals surface area contributed by atoms with Gasteiger partial charge in [-0.25, -0.2) is 4.39 Å². The Morgan fingerprint density at radius 1 is 1.06 bits per heavy atom. The van der Waals surface area contributed by atoms with Crippen molar-refractivity contribution in [1.82, 2.24) is 0 Å². The molecule has 94 valence electrons. The van der Waals surface area contributed by atoms with Crippen molar-refractivity contribution in [3.63, 3.8) is 0 Å². The molecule has 0 radical (unpaired) electrons. The van der Waals surface area contributed by atoms with Crippen molar-refractivity contribution in [1.29, 1.82) is 0 Å². The highest BCUT2D eigenvalue weighted by molar-refractivity contribution is 14.1. The molecule has 2 N–H and O–H groups in total. The average Bonchev–Trinajstić information content (AvgIpc) is 2.24. The molecule has 0 amide bonds. The fraction of sp³-hybridized carbons (Fsp3) is 0.538. The second-order valence-electron chi connectivity index (χ2n) is 4.58. The number of hydrogen-bond acceptors (Lipinski definition) is 2. The number of nitrogens with two attached hydrogens (primary N) is 1. The summed E-state index contributed by atoms with van der Waals surface area (Å²) >= 11 is 1.98. The molecule has 1 aliphatic heterocycles. The lowest BCUT2D eigenvalue weighted by atomic mass is 10.1. The van der Waals surface area contributed by atoms with Gasteiger partial charge in [-0.15, -0.1) is 0 Å². The first-order valence-electron chi connectivity index (χ1n) is 6.18. The molecule has 0 unspecified atom stereocenters. The average molecular weight is 348 g/mol. The second-order valence-corrected chi connectivity index (χ2v) is 5.74. The number of hydrogen-bond donors (Lipinski definition) is 1. The lowest BCUT2D eigenvalue weighted by molar-refractivity contribution is 0.555. The molecule has 1 saturated heterocycles. The summed E-state index contributed by atoms with van der Waals surface area (Å²) in [6.45, 7) is 1.98. The third-order valence-corrected chi connectivity index (χ3v) is 4.09. The molecule has 2 rings (SSSR count). The molecule has 17 heavy (non-hydrogen) atoms. The molecule has 1 heterocycles. The predicted octanol–water partition coefficient (Wildman–Crippen LogP) is 3.78. The Morgan fingerprint density at radius 2 is 1.65 bits per heavy atom. The molecule has 0 saturated carbocycles. The summed E-state index contributed by atoms with van der Waals surface area (Å²) in [5, 5.41) is 0. The van der Waals surface area contributed by atoms with Crippen molar-refractivity contribution in [2.45, 2.75) is 32.1 Å². The van der Waals surface area contributed by atoms with E-state index in [1.54, 1.807) is 12.1 Å². The van der Waals surface area contributed by atoms with Crippen LogP contribution in [0.2, 0.25) is 0 Å². The van der Waals surface area contributed by atoms with E-state index in [9.17, 15) is 4.39 Å². The van der Waals surface area contributed by atoms with Crippen molar-refractivity contribution >= 4 is 34.0 Å². The molecule has 0 atom stereocenters. The van der Waals surface area contributed by atoms with Gasteiger partial charge >= 0.3 is 0 Å². The molecular formula is C13H18FIN2. The Labute approximate surface area is 116 Å². The molecular weight excluding hydrogens is 330 g/mol. The molecule has 1 aromatic carbocycles. The predicted molar refractivity (Wildman–Crippen MR) is 78.8 cm³/mol. The number of rotatable bonds is 1. The minimum Gasteiger partial charge on any atom is -0.397 e. The fourth-order valence-corrected chi connectivity index (χ4v) is 2.81. The zero-order valence-electron chi connectivity index (χ0n) is 9.88. The van der Waals surface area contributed by atoms with Crippen LogP contribution in [0.15, 0.2) is 12.1 Å². The Bertz CT molecular complexity index is 387. The third kappa shape index (κ3) is 3.24. The van der Waals surface area contributed by atoms with Gasteiger partial charge in [0.2, 0.25) is 0 Å². The van der Waals surface area contributed by atoms with Gasteiger partial charge in [-0.2, -0.15) is 0 Å². The van der Waals surface area contributed by atoms with Crippen LogP contribution < -0.4 is 10.6 Å². The second kappa shape index (κ2) is 5.89. The molecule has 0 aliphatic carbocycles. The summed E-state index contributed by atoms with van der Waals surface area (Å²) in [5.74, 6) is -0.170. The molecule has 1 aliphatic rings. The summed E-state index contributed by atoms with van der Waals surface area (Å²) < 4.78 is 14.2. The van der Waals surface area contributed by atoms with E-state index < -0.39 is 0 Å². The van der Waals surface area contributed by atoms with Crippen molar-refractivity contribution in [3.05, 3.63) is 21.5 Å². The van der Waals surface area contributed by atoms with Gasteiger partial charge in [0, 0.05) is 19.2 Å². The van der Waals surface area contributed by atoms with Crippen molar-refractivity contribution in [2.75, 3.05) is 23.7 Å². The maximum absolute atomic E-state index is 13.6. The molecule has 2 nitrogen and oxygen atoms in total. The maximum Gasteiger partial charge on any atom is 0.138 e. The summed E-state index contributed by atoms with van der Waals surface area (Å²) in [6.07, 6.45) is 6.21. The Hall–Kier alpha value is -0.520. The minimum absolute atomic E-state index is 0.170. The topological polar surface area (TPSA) is 29.3 Å². The minimum atomic E-state index is -0.170. The molecule has 0 bridgehead atoms. The van der Waals surface area contributed by atoms with Crippen LogP contribution in [0.5, 0.6) is 0 Å². The van der Waals surface area contributed by atoms with Crippen LogP contribution in [0.4, 0.5) is 15.8 Å². The normalized spacial score (nSPS) is 17.6. The van der Waals surface area contributed by atoms with E-state index in [1.165, 1.54) is 32.1 Å². The van der Waals surface area contributed by atoms with E-state index in [1.807, 2.05) is 22.6 Å². The quantitative estimate of drug-likeness (QED) is 0.618. The largest absolute Gasteiger partial charge is 0.397 e. The van der Waals surface area contributed by atoms with Gasteiger partial charge in [0.25, 0.3) is 0 Å². The number of nitrogen functional groups attached to an aromatic ring is 1. The van der Waals surface area contributed by atoms with Crippen LogP contribution in [0.3, 0.4) is 0 Å². The fourth-order valence-electron chi connectivity index (χ4n) is 2.31. The van der Waals surface area contributed by atoms with E-state index in [0.29, 0.717) is 9.26 Å². The van der Waals surface area contributed by atoms with Gasteiger partial charge in [-0.05, 0) is 41.5 Å². The first-order chi connectivity index (χ1) is 8.18. The number of halogens is 2. The highest BCUT2D eigenvalue weighted by Crippen LogP contribution is 2.29. The Balaban J connectivity index is 2.21. The first-order valence-corrected chi connectivity index (χ1v) is 7.26. The first kappa shape index (κ1) is 12.9. The van der Waals surface area contributed by atoms with Gasteiger partial charge in [0.15, 0.2) is 0 Å². The summed E-state index contributed by atoms with van der Waals surface area (Å²) in [6, 6.07) is 3.31. The zero-order valence-corrected chi connectivity index (χ0v) is 12.0. The summed E-state index contributed by atoms with van der Waals surface area (Å²) in [5.41, 5.74) is 7.55. The van der Waals surface area contributed by atoms with Gasteiger partial charge in [-0.1, -0.05) is 19.3 Å². The van der Waals surface area contributed by atoms with Crippen LogP contribution in [-0.2, 0) is 0 Å². The lowest BCUT2D eigenvalue weighted by Crippen LogP contribution is -2.28. The van der Waals surface area contributed by atoms with Gasteiger partial charge in [-0.3, -0.25) is 0 Å². The summed E-state index contributed by atoms with van der Waals surface area (Å²) in [4.78, 5) is 2.23. The van der Waals surface area contributed by atoms with E-state index in [0.717, 1.165) is 18.8 Å². The smallest absolute Gasteiger partial charge is 0.138 e. The van der Waals surface area contributed by atoms with E-state index in [-0.39, 0.29) is 5.82 Å². The van der Waals surface area contributed by atoms with Crippen LogP contribution in [0, 0.1) is 9.39 Å². The zero-order chi connectivity index (χ0) is 12.3. The lowest BCUT2D eigenvalue weighted by Gasteiger charge is -2.28. The van der Waals surface area contributed by atoms with Crippen LogP contribution >= 0.6 is 22.6 Å². The molecule has 1 fully saturated rings. The van der Waals surface area contributed by atoms with Crippen molar-refractivity contribution in [3.8, 4) is 0 Å². The monoisotopic (exact) mass is 348 g/mol. The summed E-state index contributed by atoms with van der Waals surface area (Å²) in [7, 11) is 0. The Morgan fingerprint density at radius 3 is 2.29 bits per heavy atom. The van der Waals surface area contributed by atoms with E-state index in [4.69, 9.17) is 5.73 Å². The standard InChI is InChI=1S/C13H18FIN2/c14-10-8-13(12(16)9-11(10)15)17-6-4-2-1-3-5-7-17/h8-9H,1-7,16H2.